The molecule has 11 nitrogen and oxygen atoms in total. The normalized spacial score (nSPS) is 18.2. The summed E-state index contributed by atoms with van der Waals surface area (Å²) in [6.45, 7) is 2.48. The van der Waals surface area contributed by atoms with Gasteiger partial charge in [-0.2, -0.15) is 0 Å². The van der Waals surface area contributed by atoms with Gasteiger partial charge in [0.2, 0.25) is 27.7 Å². The molecule has 3 amide bonds. The zero-order valence-corrected chi connectivity index (χ0v) is 26.6. The number of carbonyl (C=O) groups excluding carboxylic acids is 3. The summed E-state index contributed by atoms with van der Waals surface area (Å²) in [5.74, 6) is -1.40. The zero-order chi connectivity index (χ0) is 31.7. The molecule has 44 heavy (non-hydrogen) atoms. The van der Waals surface area contributed by atoms with Crippen LogP contribution in [0, 0.1) is 5.92 Å². The number of carbonyl (C=O) groups is 3. The second-order valence-corrected chi connectivity index (χ2v) is 13.7. The molecule has 0 bridgehead atoms. The quantitative estimate of drug-likeness (QED) is 0.301. The van der Waals surface area contributed by atoms with E-state index in [1.807, 2.05) is 0 Å². The lowest BCUT2D eigenvalue weighted by molar-refractivity contribution is -0.142. The summed E-state index contributed by atoms with van der Waals surface area (Å²) in [5.41, 5.74) is 7.99. The Bertz CT molecular complexity index is 1400. The van der Waals surface area contributed by atoms with Gasteiger partial charge in [-0.05, 0) is 60.4 Å². The number of hydrogen-bond acceptors (Lipinski definition) is 7. The molecule has 2 atom stereocenters. The number of benzene rings is 2. The van der Waals surface area contributed by atoms with Gasteiger partial charge in [-0.25, -0.2) is 13.1 Å². The summed E-state index contributed by atoms with van der Waals surface area (Å²) in [6, 6.07) is 11.7. The van der Waals surface area contributed by atoms with Gasteiger partial charge in [0, 0.05) is 51.5 Å². The van der Waals surface area contributed by atoms with Crippen molar-refractivity contribution < 1.29 is 27.5 Å². The lowest BCUT2D eigenvalue weighted by Gasteiger charge is -2.31. The Morgan fingerprint density at radius 2 is 1.82 bits per heavy atom. The van der Waals surface area contributed by atoms with Crippen LogP contribution in [0.4, 0.5) is 0 Å². The van der Waals surface area contributed by atoms with E-state index in [2.05, 4.69) is 10.0 Å². The standard InChI is InChI=1S/C31H42ClN5O6S/c1-36(20-22-11-14-43-15-12-22)29(38)17-27(35-44(41,42)21-23-6-3-2-4-7-23)31(40)37-13-5-8-28(37)30(39)34-19-25-16-26(32)10-9-24(25)18-33/h2-4,6-7,9-10,16,22,27-28,35H,5,8,11-15,17-21,33H2,1H3,(H,34,39). The Morgan fingerprint density at radius 1 is 1.09 bits per heavy atom. The molecule has 0 spiro atoms. The number of nitrogens with zero attached hydrogens (tertiary/aromatic N) is 2. The third-order valence-electron chi connectivity index (χ3n) is 8.18. The van der Waals surface area contributed by atoms with Crippen molar-refractivity contribution >= 4 is 39.3 Å². The molecule has 0 radical (unpaired) electrons. The summed E-state index contributed by atoms with van der Waals surface area (Å²) >= 11 is 6.14. The lowest BCUT2D eigenvalue weighted by atomic mass is 9.99. The van der Waals surface area contributed by atoms with Crippen molar-refractivity contribution in [1.82, 2.24) is 19.8 Å². The molecule has 2 aliphatic rings. The zero-order valence-electron chi connectivity index (χ0n) is 25.0. The van der Waals surface area contributed by atoms with Crippen LogP contribution in [0.1, 0.15) is 48.8 Å². The van der Waals surface area contributed by atoms with Crippen molar-refractivity contribution in [2.75, 3.05) is 33.4 Å². The first kappa shape index (κ1) is 33.9. The van der Waals surface area contributed by atoms with E-state index < -0.39 is 28.0 Å². The number of amides is 3. The molecule has 2 saturated heterocycles. The Morgan fingerprint density at radius 3 is 2.52 bits per heavy atom. The molecule has 2 aromatic rings. The summed E-state index contributed by atoms with van der Waals surface area (Å²) in [5, 5.41) is 3.40. The van der Waals surface area contributed by atoms with Crippen LogP contribution in [0.15, 0.2) is 48.5 Å². The SMILES string of the molecule is CN(CC1CCOCC1)C(=O)CC(NS(=O)(=O)Cc1ccccc1)C(=O)N1CCCC1C(=O)NCc1cc(Cl)ccc1CN. The Labute approximate surface area is 264 Å². The predicted octanol–water partition coefficient (Wildman–Crippen LogP) is 2.17. The fourth-order valence-corrected chi connectivity index (χ4v) is 7.27. The highest BCUT2D eigenvalue weighted by Crippen LogP contribution is 2.22. The first-order valence-electron chi connectivity index (χ1n) is 15.0. The van der Waals surface area contributed by atoms with E-state index in [1.54, 1.807) is 60.5 Å². The van der Waals surface area contributed by atoms with Crippen LogP contribution >= 0.6 is 11.6 Å². The molecule has 2 heterocycles. The predicted molar refractivity (Wildman–Crippen MR) is 168 cm³/mol. The molecule has 4 N–H and O–H groups in total. The van der Waals surface area contributed by atoms with Crippen LogP contribution in [-0.2, 0) is 48.0 Å². The van der Waals surface area contributed by atoms with Crippen LogP contribution in [0.5, 0.6) is 0 Å². The van der Waals surface area contributed by atoms with Gasteiger partial charge in [-0.15, -0.1) is 0 Å². The number of ether oxygens (including phenoxy) is 1. The van der Waals surface area contributed by atoms with E-state index in [1.165, 1.54) is 4.90 Å². The molecular weight excluding hydrogens is 606 g/mol. The minimum atomic E-state index is -4.01. The van der Waals surface area contributed by atoms with Gasteiger partial charge in [0.25, 0.3) is 0 Å². The van der Waals surface area contributed by atoms with Gasteiger partial charge in [-0.3, -0.25) is 14.4 Å². The highest BCUT2D eigenvalue weighted by Gasteiger charge is 2.39. The molecule has 0 aliphatic carbocycles. The number of nitrogens with one attached hydrogen (secondary N) is 2. The number of rotatable bonds is 13. The summed E-state index contributed by atoms with van der Waals surface area (Å²) in [7, 11) is -2.35. The third kappa shape index (κ3) is 9.48. The Hall–Kier alpha value is -3.03. The van der Waals surface area contributed by atoms with Gasteiger partial charge >= 0.3 is 0 Å². The van der Waals surface area contributed by atoms with Crippen LogP contribution < -0.4 is 15.8 Å². The van der Waals surface area contributed by atoms with Crippen molar-refractivity contribution in [3.05, 3.63) is 70.2 Å². The van der Waals surface area contributed by atoms with E-state index in [0.717, 1.165) is 24.0 Å². The molecule has 2 fully saturated rings. The molecular formula is C31H42ClN5O6S. The van der Waals surface area contributed by atoms with Gasteiger partial charge in [0.05, 0.1) is 12.2 Å². The van der Waals surface area contributed by atoms with E-state index in [0.29, 0.717) is 43.2 Å². The van der Waals surface area contributed by atoms with E-state index >= 15 is 0 Å². The van der Waals surface area contributed by atoms with Crippen LogP contribution in [0.2, 0.25) is 5.02 Å². The fraction of sp³-hybridized carbons (Fsp3) is 0.516. The van der Waals surface area contributed by atoms with Gasteiger partial charge < -0.3 is 25.6 Å². The maximum Gasteiger partial charge on any atom is 0.243 e. The number of hydrogen-bond donors (Lipinski definition) is 3. The molecule has 240 valence electrons. The van der Waals surface area contributed by atoms with Crippen LogP contribution in [0.25, 0.3) is 0 Å². The van der Waals surface area contributed by atoms with E-state index in [4.69, 9.17) is 22.1 Å². The van der Waals surface area contributed by atoms with Crippen LogP contribution in [0.3, 0.4) is 0 Å². The van der Waals surface area contributed by atoms with E-state index in [9.17, 15) is 22.8 Å². The lowest BCUT2D eigenvalue weighted by Crippen LogP contribution is -2.54. The van der Waals surface area contributed by atoms with Gasteiger partial charge in [0.15, 0.2) is 0 Å². The largest absolute Gasteiger partial charge is 0.381 e. The minimum Gasteiger partial charge on any atom is -0.381 e. The van der Waals surface area contributed by atoms with Crippen molar-refractivity contribution in [3.63, 3.8) is 0 Å². The van der Waals surface area contributed by atoms with Crippen molar-refractivity contribution in [1.29, 1.82) is 0 Å². The van der Waals surface area contributed by atoms with Crippen molar-refractivity contribution in [3.8, 4) is 0 Å². The van der Waals surface area contributed by atoms with Crippen molar-refractivity contribution in [2.24, 2.45) is 11.7 Å². The van der Waals surface area contributed by atoms with Crippen molar-refractivity contribution in [2.45, 2.75) is 63.0 Å². The monoisotopic (exact) mass is 647 g/mol. The average molecular weight is 648 g/mol. The summed E-state index contributed by atoms with van der Waals surface area (Å²) in [4.78, 5) is 43.6. The summed E-state index contributed by atoms with van der Waals surface area (Å²) < 4.78 is 34.4. The molecule has 2 aliphatic heterocycles. The maximum atomic E-state index is 14.0. The second kappa shape index (κ2) is 15.8. The smallest absolute Gasteiger partial charge is 0.243 e. The number of halogens is 1. The number of sulfonamides is 1. The topological polar surface area (TPSA) is 151 Å². The average Bonchev–Trinajstić information content (AvgIpc) is 3.50. The highest BCUT2D eigenvalue weighted by atomic mass is 35.5. The summed E-state index contributed by atoms with van der Waals surface area (Å²) in [6.07, 6.45) is 2.28. The Kier molecular flexibility index (Phi) is 12.2. The van der Waals surface area contributed by atoms with E-state index in [-0.39, 0.29) is 49.5 Å². The second-order valence-electron chi connectivity index (χ2n) is 11.5. The number of likely N-dealkylation sites (tertiary alicyclic amines) is 1. The molecule has 2 aromatic carbocycles. The third-order valence-corrected chi connectivity index (χ3v) is 9.77. The van der Waals surface area contributed by atoms with Gasteiger partial charge in [-0.1, -0.05) is 48.0 Å². The molecule has 2 unspecified atom stereocenters. The first-order chi connectivity index (χ1) is 21.1. The molecule has 13 heteroatoms. The fourth-order valence-electron chi connectivity index (χ4n) is 5.74. The number of nitrogens with two attached hydrogens (primary N) is 1. The minimum absolute atomic E-state index is 0.174. The molecule has 4 rings (SSSR count). The highest BCUT2D eigenvalue weighted by molar-refractivity contribution is 7.88. The Balaban J connectivity index is 1.48. The first-order valence-corrected chi connectivity index (χ1v) is 17.0. The molecule has 0 saturated carbocycles. The maximum absolute atomic E-state index is 14.0. The van der Waals surface area contributed by atoms with Gasteiger partial charge in [0.1, 0.15) is 12.1 Å². The molecule has 0 aromatic heterocycles. The van der Waals surface area contributed by atoms with Crippen LogP contribution in [-0.4, -0.2) is 81.4 Å².